The van der Waals surface area contributed by atoms with Crippen LogP contribution < -0.4 is 11.4 Å². The molecule has 1 saturated heterocycles. The minimum atomic E-state index is -0.791. The molecule has 5 N–H and O–H groups in total. The molecule has 19 heavy (non-hydrogen) atoms. The van der Waals surface area contributed by atoms with Gasteiger partial charge in [0, 0.05) is 6.42 Å². The third kappa shape index (κ3) is 1.87. The highest BCUT2D eigenvalue weighted by Gasteiger charge is 2.36. The molecular formula is C10H13N5O4. The van der Waals surface area contributed by atoms with Crippen LogP contribution in [0.15, 0.2) is 11.0 Å². The molecule has 2 aromatic heterocycles. The van der Waals surface area contributed by atoms with E-state index in [1.165, 1.54) is 10.8 Å². The molecule has 0 unspecified atom stereocenters. The monoisotopic (exact) mass is 267 g/mol. The number of aliphatic hydroxyl groups excluding tert-OH is 2. The van der Waals surface area contributed by atoms with E-state index < -0.39 is 24.1 Å². The number of imidazole rings is 1. The number of anilines is 1. The van der Waals surface area contributed by atoms with Gasteiger partial charge in [0.2, 0.25) is 5.95 Å². The van der Waals surface area contributed by atoms with Crippen molar-refractivity contribution in [2.45, 2.75) is 24.9 Å². The molecule has 0 amide bonds. The highest BCUT2D eigenvalue weighted by molar-refractivity contribution is 5.72. The number of hydrogen-bond acceptors (Lipinski definition) is 7. The van der Waals surface area contributed by atoms with Crippen LogP contribution in [0.1, 0.15) is 12.6 Å². The number of nitrogens with zero attached hydrogens (tertiary/aromatic N) is 3. The van der Waals surface area contributed by atoms with Crippen LogP contribution in [-0.2, 0) is 4.74 Å². The Morgan fingerprint density at radius 3 is 3.11 bits per heavy atom. The number of hydrogen-bond donors (Lipinski definition) is 4. The van der Waals surface area contributed by atoms with Gasteiger partial charge in [-0.15, -0.1) is 0 Å². The van der Waals surface area contributed by atoms with Crippen molar-refractivity contribution in [3.8, 4) is 0 Å². The third-order valence-electron chi connectivity index (χ3n) is 3.17. The van der Waals surface area contributed by atoms with E-state index in [0.29, 0.717) is 11.2 Å². The van der Waals surface area contributed by atoms with Crippen molar-refractivity contribution >= 4 is 17.1 Å². The minimum absolute atomic E-state index is 0.148. The Hall–Kier alpha value is -1.97. The van der Waals surface area contributed by atoms with Crippen LogP contribution in [0.3, 0.4) is 0 Å². The lowest BCUT2D eigenvalue weighted by Crippen LogP contribution is -2.24. The van der Waals surface area contributed by atoms with Gasteiger partial charge in [-0.3, -0.25) is 9.55 Å². The van der Waals surface area contributed by atoms with Crippen molar-refractivity contribution in [1.82, 2.24) is 19.5 Å². The zero-order chi connectivity index (χ0) is 13.6. The summed E-state index contributed by atoms with van der Waals surface area (Å²) in [5, 5.41) is 18.8. The predicted molar refractivity (Wildman–Crippen MR) is 64.2 cm³/mol. The summed E-state index contributed by atoms with van der Waals surface area (Å²) in [7, 11) is 0. The first kappa shape index (κ1) is 12.1. The number of rotatable bonds is 2. The molecule has 2 aromatic rings. The van der Waals surface area contributed by atoms with Crippen LogP contribution >= 0.6 is 0 Å². The number of nitrogens with two attached hydrogens (primary N) is 1. The Kier molecular flexibility index (Phi) is 2.73. The van der Waals surface area contributed by atoms with E-state index in [2.05, 4.69) is 15.0 Å². The Bertz CT molecular complexity index is 665. The van der Waals surface area contributed by atoms with Crippen LogP contribution in [0.5, 0.6) is 0 Å². The maximum Gasteiger partial charge on any atom is 0.346 e. The van der Waals surface area contributed by atoms with Gasteiger partial charge in [0.1, 0.15) is 23.5 Å². The summed E-state index contributed by atoms with van der Waals surface area (Å²) in [4.78, 5) is 21.4. The molecule has 1 aliphatic rings. The molecule has 9 heteroatoms. The van der Waals surface area contributed by atoms with Gasteiger partial charge >= 0.3 is 5.69 Å². The second-order valence-corrected chi connectivity index (χ2v) is 4.38. The van der Waals surface area contributed by atoms with Gasteiger partial charge in [-0.1, -0.05) is 0 Å². The maximum absolute atomic E-state index is 11.3. The van der Waals surface area contributed by atoms with E-state index in [-0.39, 0.29) is 19.0 Å². The summed E-state index contributed by atoms with van der Waals surface area (Å²) in [5.74, 6) is 0.148. The predicted octanol–water partition coefficient (Wildman–Crippen LogP) is -1.66. The lowest BCUT2D eigenvalue weighted by atomic mass is 10.2. The van der Waals surface area contributed by atoms with Gasteiger partial charge in [-0.05, 0) is 0 Å². The van der Waals surface area contributed by atoms with Gasteiger partial charge in [0.05, 0.1) is 18.9 Å². The number of aromatic amines is 1. The average Bonchev–Trinajstić information content (AvgIpc) is 2.88. The molecule has 0 bridgehead atoms. The van der Waals surface area contributed by atoms with Crippen molar-refractivity contribution in [3.63, 3.8) is 0 Å². The zero-order valence-electron chi connectivity index (χ0n) is 9.85. The lowest BCUT2D eigenvalue weighted by molar-refractivity contribution is -0.0425. The normalized spacial score (nSPS) is 27.2. The maximum atomic E-state index is 11.3. The molecule has 0 saturated carbocycles. The zero-order valence-corrected chi connectivity index (χ0v) is 9.85. The SMILES string of the molecule is Nc1nc2cnc(=O)[nH]c2n1[C@H]1C[C@@H](O)[C@H](CO)O1. The molecule has 9 nitrogen and oxygen atoms in total. The second-order valence-electron chi connectivity index (χ2n) is 4.38. The van der Waals surface area contributed by atoms with Crippen molar-refractivity contribution in [2.24, 2.45) is 0 Å². The fourth-order valence-corrected chi connectivity index (χ4v) is 2.26. The third-order valence-corrected chi connectivity index (χ3v) is 3.17. The molecule has 0 radical (unpaired) electrons. The Morgan fingerprint density at radius 2 is 2.42 bits per heavy atom. The molecular weight excluding hydrogens is 254 g/mol. The van der Waals surface area contributed by atoms with Gasteiger partial charge in [0.25, 0.3) is 0 Å². The number of fused-ring (bicyclic) bond motifs is 1. The number of ether oxygens (including phenoxy) is 1. The van der Waals surface area contributed by atoms with E-state index in [1.807, 2.05) is 0 Å². The summed E-state index contributed by atoms with van der Waals surface area (Å²) in [6, 6.07) is 0. The molecule has 102 valence electrons. The van der Waals surface area contributed by atoms with E-state index in [1.54, 1.807) is 0 Å². The summed E-state index contributed by atoms with van der Waals surface area (Å²) < 4.78 is 6.98. The highest BCUT2D eigenvalue weighted by Crippen LogP contribution is 2.32. The summed E-state index contributed by atoms with van der Waals surface area (Å²) in [5.41, 5.74) is 6.09. The number of aliphatic hydroxyl groups is 2. The molecule has 1 aliphatic heterocycles. The molecule has 0 spiro atoms. The first-order valence-corrected chi connectivity index (χ1v) is 5.77. The fraction of sp³-hybridized carbons (Fsp3) is 0.500. The quantitative estimate of drug-likeness (QED) is 0.510. The lowest BCUT2D eigenvalue weighted by Gasteiger charge is -2.14. The van der Waals surface area contributed by atoms with Crippen molar-refractivity contribution in [1.29, 1.82) is 0 Å². The number of nitrogens with one attached hydrogen (secondary N) is 1. The van der Waals surface area contributed by atoms with Gasteiger partial charge < -0.3 is 20.7 Å². The van der Waals surface area contributed by atoms with Crippen LogP contribution in [0.4, 0.5) is 5.95 Å². The van der Waals surface area contributed by atoms with E-state index in [4.69, 9.17) is 15.6 Å². The molecule has 0 aliphatic carbocycles. The van der Waals surface area contributed by atoms with Crippen LogP contribution in [0, 0.1) is 0 Å². The first-order chi connectivity index (χ1) is 9.10. The topological polar surface area (TPSA) is 139 Å². The summed E-state index contributed by atoms with van der Waals surface area (Å²) in [6.45, 7) is -0.289. The molecule has 3 heterocycles. The Balaban J connectivity index is 2.08. The smallest absolute Gasteiger partial charge is 0.346 e. The largest absolute Gasteiger partial charge is 0.394 e. The number of nitrogen functional groups attached to an aromatic ring is 1. The fourth-order valence-electron chi connectivity index (χ4n) is 2.26. The average molecular weight is 267 g/mol. The van der Waals surface area contributed by atoms with Gasteiger partial charge in [0.15, 0.2) is 0 Å². The Morgan fingerprint density at radius 1 is 1.63 bits per heavy atom. The number of H-pyrrole nitrogens is 1. The second kappa shape index (κ2) is 4.30. The van der Waals surface area contributed by atoms with Crippen molar-refractivity contribution in [3.05, 3.63) is 16.7 Å². The van der Waals surface area contributed by atoms with Gasteiger partial charge in [-0.25, -0.2) is 9.78 Å². The van der Waals surface area contributed by atoms with Crippen LogP contribution in [0.2, 0.25) is 0 Å². The van der Waals surface area contributed by atoms with E-state index >= 15 is 0 Å². The number of aromatic nitrogens is 4. The molecule has 1 fully saturated rings. The van der Waals surface area contributed by atoms with E-state index in [9.17, 15) is 9.90 Å². The first-order valence-electron chi connectivity index (χ1n) is 5.77. The summed E-state index contributed by atoms with van der Waals surface area (Å²) >= 11 is 0. The Labute approximate surface area is 106 Å². The highest BCUT2D eigenvalue weighted by atomic mass is 16.5. The van der Waals surface area contributed by atoms with Gasteiger partial charge in [-0.2, -0.15) is 4.98 Å². The standard InChI is InChI=1S/C10H13N5O4/c11-9-13-4-2-12-10(18)14-8(4)15(9)7-1-5(17)6(3-16)19-7/h2,5-7,16-17H,1,3H2,(H2,11,13)(H,12,14,18)/t5-,6+,7-/m1/s1. The van der Waals surface area contributed by atoms with Crippen molar-refractivity contribution < 1.29 is 14.9 Å². The molecule has 3 atom stereocenters. The molecule has 0 aromatic carbocycles. The minimum Gasteiger partial charge on any atom is -0.394 e. The van der Waals surface area contributed by atoms with Crippen molar-refractivity contribution in [2.75, 3.05) is 12.3 Å². The summed E-state index contributed by atoms with van der Waals surface area (Å²) in [6.07, 6.45) is -0.479. The van der Waals surface area contributed by atoms with Crippen LogP contribution in [0.25, 0.3) is 11.2 Å². The van der Waals surface area contributed by atoms with Crippen LogP contribution in [-0.4, -0.2) is 48.5 Å². The van der Waals surface area contributed by atoms with E-state index in [0.717, 1.165) is 0 Å². The molecule has 3 rings (SSSR count).